The van der Waals surface area contributed by atoms with Gasteiger partial charge in [-0.3, -0.25) is 9.69 Å². The van der Waals surface area contributed by atoms with Crippen LogP contribution in [0.2, 0.25) is 0 Å². The third-order valence-corrected chi connectivity index (χ3v) is 4.53. The van der Waals surface area contributed by atoms with Crippen LogP contribution in [0.1, 0.15) is 27.2 Å². The maximum Gasteiger partial charge on any atom is 0.310 e. The van der Waals surface area contributed by atoms with E-state index in [1.165, 1.54) is 13.2 Å². The van der Waals surface area contributed by atoms with E-state index in [4.69, 9.17) is 4.74 Å². The van der Waals surface area contributed by atoms with E-state index in [2.05, 4.69) is 25.7 Å². The van der Waals surface area contributed by atoms with Gasteiger partial charge < -0.3 is 4.74 Å². The molecule has 3 nitrogen and oxygen atoms in total. The summed E-state index contributed by atoms with van der Waals surface area (Å²) in [5.74, 6) is -2.31. The van der Waals surface area contributed by atoms with Crippen LogP contribution < -0.4 is 0 Å². The van der Waals surface area contributed by atoms with Gasteiger partial charge in [-0.1, -0.05) is 0 Å². The molecule has 0 N–H and O–H groups in total. The molecule has 118 valence electrons. The van der Waals surface area contributed by atoms with E-state index in [0.29, 0.717) is 19.5 Å². The third kappa shape index (κ3) is 3.34. The van der Waals surface area contributed by atoms with Crippen molar-refractivity contribution in [2.45, 2.75) is 32.7 Å². The Hall–Kier alpha value is -1.23. The van der Waals surface area contributed by atoms with E-state index in [1.54, 1.807) is 0 Å². The second kappa shape index (κ2) is 5.87. The number of carbonyl (C=O) groups is 1. The number of hydrogen-bond donors (Lipinski definition) is 0. The molecular weight excluding hydrogens is 276 g/mol. The summed E-state index contributed by atoms with van der Waals surface area (Å²) in [5, 5.41) is 0. The average Bonchev–Trinajstić information content (AvgIpc) is 2.82. The first-order valence-corrected chi connectivity index (χ1v) is 7.29. The van der Waals surface area contributed by atoms with Crippen molar-refractivity contribution in [3.05, 3.63) is 23.8 Å². The molecule has 0 bridgehead atoms. The van der Waals surface area contributed by atoms with E-state index in [9.17, 15) is 13.6 Å². The highest BCUT2D eigenvalue weighted by Gasteiger charge is 2.46. The Kier molecular flexibility index (Phi) is 4.51. The van der Waals surface area contributed by atoms with Gasteiger partial charge >= 0.3 is 5.97 Å². The quantitative estimate of drug-likeness (QED) is 0.733. The second-order valence-corrected chi connectivity index (χ2v) is 6.83. The standard InChI is InChI=1S/C16H23F2NO2/c1-16(2,3)19-8-12(13(9-19)15(20)21-4)11-6-5-10(17)7-14(11)18/h5,7,11-13H,6,8-9H2,1-4H3/t11?,12-,13+/m0/s1. The summed E-state index contributed by atoms with van der Waals surface area (Å²) in [6, 6.07) is 0. The number of esters is 1. The molecule has 0 radical (unpaired) electrons. The smallest absolute Gasteiger partial charge is 0.310 e. The van der Waals surface area contributed by atoms with Gasteiger partial charge in [0.2, 0.25) is 0 Å². The Bertz CT molecular complexity index is 479. The number of halogens is 2. The molecular formula is C16H23F2NO2. The molecule has 1 heterocycles. The highest BCUT2D eigenvalue weighted by molar-refractivity contribution is 5.73. The molecule has 1 saturated heterocycles. The molecule has 2 aliphatic rings. The van der Waals surface area contributed by atoms with Gasteiger partial charge in [-0.15, -0.1) is 0 Å². The number of hydrogen-bond acceptors (Lipinski definition) is 3. The van der Waals surface area contributed by atoms with Crippen molar-refractivity contribution in [1.82, 2.24) is 4.90 Å². The lowest BCUT2D eigenvalue weighted by atomic mass is 9.79. The first-order chi connectivity index (χ1) is 9.74. The minimum atomic E-state index is -0.538. The Morgan fingerprint density at radius 1 is 1.33 bits per heavy atom. The first kappa shape index (κ1) is 16.1. The number of allylic oxidation sites excluding steroid dienone is 4. The van der Waals surface area contributed by atoms with E-state index in [-0.39, 0.29) is 23.3 Å². The molecule has 0 spiro atoms. The van der Waals surface area contributed by atoms with Crippen molar-refractivity contribution < 1.29 is 18.3 Å². The van der Waals surface area contributed by atoms with Gasteiger partial charge in [-0.05, 0) is 39.2 Å². The topological polar surface area (TPSA) is 29.5 Å². The van der Waals surface area contributed by atoms with Crippen molar-refractivity contribution in [1.29, 1.82) is 0 Å². The van der Waals surface area contributed by atoms with Gasteiger partial charge in [-0.25, -0.2) is 8.78 Å². The number of carbonyl (C=O) groups excluding carboxylic acids is 1. The van der Waals surface area contributed by atoms with Crippen LogP contribution in [-0.2, 0) is 9.53 Å². The Balaban J connectivity index is 2.23. The molecule has 2 rings (SSSR count). The average molecular weight is 299 g/mol. The lowest BCUT2D eigenvalue weighted by Crippen LogP contribution is -2.40. The second-order valence-electron chi connectivity index (χ2n) is 6.83. The molecule has 0 amide bonds. The maximum absolute atomic E-state index is 14.1. The SMILES string of the molecule is COC(=O)[C@@H]1CN(C(C)(C)C)C[C@H]1C1CC=C(F)C=C1F. The highest BCUT2D eigenvalue weighted by Crippen LogP contribution is 2.41. The van der Waals surface area contributed by atoms with Crippen LogP contribution in [0.3, 0.4) is 0 Å². The summed E-state index contributed by atoms with van der Waals surface area (Å²) < 4.78 is 32.1. The molecule has 0 aromatic rings. The molecule has 3 atom stereocenters. The predicted molar refractivity (Wildman–Crippen MR) is 76.8 cm³/mol. The van der Waals surface area contributed by atoms with Crippen LogP contribution in [0, 0.1) is 17.8 Å². The van der Waals surface area contributed by atoms with E-state index >= 15 is 0 Å². The van der Waals surface area contributed by atoms with E-state index < -0.39 is 17.6 Å². The fourth-order valence-corrected chi connectivity index (χ4v) is 3.21. The van der Waals surface area contributed by atoms with Crippen molar-refractivity contribution in [2.24, 2.45) is 17.8 Å². The van der Waals surface area contributed by atoms with E-state index in [0.717, 1.165) is 6.08 Å². The lowest BCUT2D eigenvalue weighted by Gasteiger charge is -2.32. The van der Waals surface area contributed by atoms with Crippen LogP contribution in [0.15, 0.2) is 23.8 Å². The molecule has 0 aromatic heterocycles. The van der Waals surface area contributed by atoms with Crippen LogP contribution >= 0.6 is 0 Å². The lowest BCUT2D eigenvalue weighted by molar-refractivity contribution is -0.146. The van der Waals surface area contributed by atoms with Gasteiger partial charge in [0.05, 0.1) is 13.0 Å². The molecule has 5 heteroatoms. The summed E-state index contributed by atoms with van der Waals surface area (Å²) in [6.45, 7) is 7.37. The first-order valence-electron chi connectivity index (χ1n) is 7.29. The summed E-state index contributed by atoms with van der Waals surface area (Å²) in [4.78, 5) is 14.2. The summed E-state index contributed by atoms with van der Waals surface area (Å²) in [6.07, 6.45) is 2.62. The molecule has 1 unspecified atom stereocenters. The fourth-order valence-electron chi connectivity index (χ4n) is 3.21. The number of ether oxygens (including phenoxy) is 1. The largest absolute Gasteiger partial charge is 0.469 e. The zero-order chi connectivity index (χ0) is 15.8. The zero-order valence-electron chi connectivity index (χ0n) is 13.0. The summed E-state index contributed by atoms with van der Waals surface area (Å²) in [7, 11) is 1.35. The van der Waals surface area contributed by atoms with Crippen molar-refractivity contribution >= 4 is 5.97 Å². The Morgan fingerprint density at radius 3 is 2.52 bits per heavy atom. The number of methoxy groups -OCH3 is 1. The van der Waals surface area contributed by atoms with Crippen molar-refractivity contribution in [3.8, 4) is 0 Å². The number of nitrogens with zero attached hydrogens (tertiary/aromatic N) is 1. The summed E-state index contributed by atoms with van der Waals surface area (Å²) in [5.41, 5.74) is -0.100. The Labute approximate surface area is 124 Å². The van der Waals surface area contributed by atoms with Gasteiger partial charge in [-0.2, -0.15) is 0 Å². The maximum atomic E-state index is 14.1. The van der Waals surface area contributed by atoms with Gasteiger partial charge in [0.1, 0.15) is 11.7 Å². The van der Waals surface area contributed by atoms with Gasteiger partial charge in [0, 0.05) is 30.6 Å². The molecule has 1 aliphatic carbocycles. The van der Waals surface area contributed by atoms with Crippen LogP contribution in [-0.4, -0.2) is 36.6 Å². The zero-order valence-corrected chi connectivity index (χ0v) is 13.0. The van der Waals surface area contributed by atoms with Gasteiger partial charge in [0.25, 0.3) is 0 Å². The molecule has 21 heavy (non-hydrogen) atoms. The van der Waals surface area contributed by atoms with Crippen LogP contribution in [0.5, 0.6) is 0 Å². The fraction of sp³-hybridized carbons (Fsp3) is 0.688. The Morgan fingerprint density at radius 2 is 2.00 bits per heavy atom. The molecule has 1 fully saturated rings. The van der Waals surface area contributed by atoms with Crippen molar-refractivity contribution in [2.75, 3.05) is 20.2 Å². The normalized spacial score (nSPS) is 30.9. The van der Waals surface area contributed by atoms with Crippen molar-refractivity contribution in [3.63, 3.8) is 0 Å². The monoisotopic (exact) mass is 299 g/mol. The van der Waals surface area contributed by atoms with Crippen LogP contribution in [0.4, 0.5) is 8.78 Å². The molecule has 0 aromatic carbocycles. The number of rotatable bonds is 2. The minimum Gasteiger partial charge on any atom is -0.469 e. The molecule has 0 saturated carbocycles. The number of likely N-dealkylation sites (tertiary alicyclic amines) is 1. The van der Waals surface area contributed by atoms with Gasteiger partial charge in [0.15, 0.2) is 0 Å². The van der Waals surface area contributed by atoms with Crippen LogP contribution in [0.25, 0.3) is 0 Å². The predicted octanol–water partition coefficient (Wildman–Crippen LogP) is 3.23. The molecule has 1 aliphatic heterocycles. The minimum absolute atomic E-state index is 0.100. The third-order valence-electron chi connectivity index (χ3n) is 4.53. The van der Waals surface area contributed by atoms with E-state index in [1.807, 2.05) is 0 Å². The highest BCUT2D eigenvalue weighted by atomic mass is 19.1. The summed E-state index contributed by atoms with van der Waals surface area (Å²) >= 11 is 0.